The van der Waals surface area contributed by atoms with Gasteiger partial charge in [0.15, 0.2) is 6.61 Å². The summed E-state index contributed by atoms with van der Waals surface area (Å²) in [7, 11) is -4.78. The van der Waals surface area contributed by atoms with Gasteiger partial charge < -0.3 is 10.1 Å². The zero-order chi connectivity index (χ0) is 26.7. The average molecular weight is 572 g/mol. The van der Waals surface area contributed by atoms with Crippen LogP contribution in [-0.4, -0.2) is 47.8 Å². The summed E-state index contributed by atoms with van der Waals surface area (Å²) in [4.78, 5) is 12.4. The number of halogens is 2. The molecule has 0 radical (unpaired) electrons. The Morgan fingerprint density at radius 3 is 2.17 bits per heavy atom. The Morgan fingerprint density at radius 2 is 1.56 bits per heavy atom. The van der Waals surface area contributed by atoms with Crippen LogP contribution < -0.4 is 14.8 Å². The second-order valence-corrected chi connectivity index (χ2v) is 12.5. The largest absolute Gasteiger partial charge is 0.482 e. The lowest BCUT2D eigenvalue weighted by molar-refractivity contribution is -0.118. The molecule has 0 saturated heterocycles. The van der Waals surface area contributed by atoms with Crippen molar-refractivity contribution in [3.8, 4) is 5.75 Å². The van der Waals surface area contributed by atoms with Crippen molar-refractivity contribution < 1.29 is 26.4 Å². The van der Waals surface area contributed by atoms with Crippen LogP contribution in [0.15, 0.2) is 70.5 Å². The quantitative estimate of drug-likeness (QED) is 0.393. The highest BCUT2D eigenvalue weighted by molar-refractivity contribution is 7.92. The molecule has 1 amide bonds. The number of anilines is 2. The van der Waals surface area contributed by atoms with Gasteiger partial charge in [0.1, 0.15) is 5.75 Å². The van der Waals surface area contributed by atoms with E-state index in [2.05, 4.69) is 10.0 Å². The molecule has 0 unspecified atom stereocenters. The van der Waals surface area contributed by atoms with E-state index in [1.165, 1.54) is 56.6 Å². The number of ether oxygens (including phenoxy) is 1. The molecule has 13 heteroatoms. The second kappa shape index (κ2) is 11.1. The van der Waals surface area contributed by atoms with Crippen molar-refractivity contribution in [3.05, 3.63) is 76.3 Å². The molecule has 36 heavy (non-hydrogen) atoms. The van der Waals surface area contributed by atoms with Crippen molar-refractivity contribution >= 4 is 60.5 Å². The molecular weight excluding hydrogens is 549 g/mol. The molecule has 0 bridgehead atoms. The Balaban J connectivity index is 1.68. The zero-order valence-electron chi connectivity index (χ0n) is 19.4. The molecule has 0 saturated carbocycles. The fraction of sp³-hybridized carbons (Fsp3) is 0.174. The number of sulfonamides is 2. The van der Waals surface area contributed by atoms with Gasteiger partial charge in [-0.2, -0.15) is 0 Å². The third-order valence-corrected chi connectivity index (χ3v) is 8.67. The predicted octanol–water partition coefficient (Wildman–Crippen LogP) is 4.37. The molecule has 0 atom stereocenters. The van der Waals surface area contributed by atoms with Crippen LogP contribution in [0.1, 0.15) is 5.56 Å². The number of benzene rings is 3. The molecule has 3 aromatic carbocycles. The van der Waals surface area contributed by atoms with E-state index in [0.717, 1.165) is 4.31 Å². The molecule has 192 valence electrons. The summed E-state index contributed by atoms with van der Waals surface area (Å²) >= 11 is 12.0. The number of amides is 1. The minimum absolute atomic E-state index is 0.0166. The minimum atomic E-state index is -3.93. The molecule has 0 aliphatic carbocycles. The summed E-state index contributed by atoms with van der Waals surface area (Å²) < 4.78 is 58.9. The maximum Gasteiger partial charge on any atom is 0.262 e. The average Bonchev–Trinajstić information content (AvgIpc) is 2.80. The highest BCUT2D eigenvalue weighted by atomic mass is 35.5. The summed E-state index contributed by atoms with van der Waals surface area (Å²) in [5.41, 5.74) is 1.29. The highest BCUT2D eigenvalue weighted by Crippen LogP contribution is 2.29. The first-order valence-corrected chi connectivity index (χ1v) is 14.0. The Morgan fingerprint density at radius 1 is 0.917 bits per heavy atom. The molecule has 0 heterocycles. The van der Waals surface area contributed by atoms with E-state index in [1.807, 2.05) is 0 Å². The van der Waals surface area contributed by atoms with Crippen LogP contribution in [0.3, 0.4) is 0 Å². The molecule has 9 nitrogen and oxygen atoms in total. The van der Waals surface area contributed by atoms with Gasteiger partial charge in [-0.3, -0.25) is 9.52 Å². The summed E-state index contributed by atoms with van der Waals surface area (Å²) in [5.74, 6) is -0.465. The lowest BCUT2D eigenvalue weighted by Crippen LogP contribution is -2.23. The van der Waals surface area contributed by atoms with Gasteiger partial charge in [0, 0.05) is 30.5 Å². The standard InChI is InChI=1S/C23H23Cl2N3O6S2/c1-15-4-9-19(36(32,33)28(2)3)13-21(15)26-23(29)14-34-22-11-10-18(12-20(22)25)35(30,31)27-17-7-5-16(24)6-8-17/h4-13,27H,14H2,1-3H3,(H,26,29). The van der Waals surface area contributed by atoms with E-state index in [1.54, 1.807) is 25.1 Å². The molecule has 0 aliphatic heterocycles. The van der Waals surface area contributed by atoms with Crippen LogP contribution >= 0.6 is 23.2 Å². The Labute approximate surface area is 220 Å². The first-order valence-electron chi connectivity index (χ1n) is 10.3. The number of carbonyl (C=O) groups is 1. The van der Waals surface area contributed by atoms with E-state index >= 15 is 0 Å². The van der Waals surface area contributed by atoms with Crippen molar-refractivity contribution in [2.24, 2.45) is 0 Å². The minimum Gasteiger partial charge on any atom is -0.482 e. The zero-order valence-corrected chi connectivity index (χ0v) is 22.6. The lowest BCUT2D eigenvalue weighted by Gasteiger charge is -2.15. The molecule has 0 aromatic heterocycles. The monoisotopic (exact) mass is 571 g/mol. The van der Waals surface area contributed by atoms with Gasteiger partial charge in [0.05, 0.1) is 14.8 Å². The molecule has 0 aliphatic rings. The van der Waals surface area contributed by atoms with E-state index in [4.69, 9.17) is 27.9 Å². The topological polar surface area (TPSA) is 122 Å². The van der Waals surface area contributed by atoms with Crippen LogP contribution in [0.25, 0.3) is 0 Å². The number of hydrogen-bond donors (Lipinski definition) is 2. The van der Waals surface area contributed by atoms with Crippen molar-refractivity contribution in [1.82, 2.24) is 4.31 Å². The van der Waals surface area contributed by atoms with Crippen molar-refractivity contribution in [2.45, 2.75) is 16.7 Å². The summed E-state index contributed by atoms with van der Waals surface area (Å²) in [6.45, 7) is 1.27. The van der Waals surface area contributed by atoms with Crippen LogP contribution in [0, 0.1) is 6.92 Å². The van der Waals surface area contributed by atoms with E-state index in [9.17, 15) is 21.6 Å². The van der Waals surface area contributed by atoms with Crippen molar-refractivity contribution in [1.29, 1.82) is 0 Å². The molecule has 0 fully saturated rings. The number of aryl methyl sites for hydroxylation is 1. The predicted molar refractivity (Wildman–Crippen MR) is 140 cm³/mol. The first kappa shape index (κ1) is 27.8. The van der Waals surface area contributed by atoms with Gasteiger partial charge in [-0.05, 0) is 67.1 Å². The number of hydrogen-bond acceptors (Lipinski definition) is 6. The lowest BCUT2D eigenvalue weighted by atomic mass is 10.2. The molecule has 3 aromatic rings. The van der Waals surface area contributed by atoms with Crippen molar-refractivity contribution in [2.75, 3.05) is 30.7 Å². The van der Waals surface area contributed by atoms with Crippen LogP contribution in [0.4, 0.5) is 11.4 Å². The van der Waals surface area contributed by atoms with Crippen LogP contribution in [0.2, 0.25) is 10.0 Å². The van der Waals surface area contributed by atoms with Gasteiger partial charge >= 0.3 is 0 Å². The Hall–Kier alpha value is -2.83. The smallest absolute Gasteiger partial charge is 0.262 e. The third-order valence-electron chi connectivity index (χ3n) is 4.93. The molecule has 3 rings (SSSR count). The SMILES string of the molecule is Cc1ccc(S(=O)(=O)N(C)C)cc1NC(=O)COc1ccc(S(=O)(=O)Nc2ccc(Cl)cc2)cc1Cl. The number of nitrogens with one attached hydrogen (secondary N) is 2. The van der Waals surface area contributed by atoms with Crippen molar-refractivity contribution in [3.63, 3.8) is 0 Å². The molecule has 2 N–H and O–H groups in total. The first-order chi connectivity index (χ1) is 16.8. The van der Waals surface area contributed by atoms with Crippen LogP contribution in [-0.2, 0) is 24.8 Å². The Bertz CT molecular complexity index is 1490. The second-order valence-electron chi connectivity index (χ2n) is 7.81. The van der Waals surface area contributed by atoms with Crippen LogP contribution in [0.5, 0.6) is 5.75 Å². The summed E-state index contributed by atoms with van der Waals surface area (Å²) in [6, 6.07) is 14.4. The normalized spacial score (nSPS) is 11.8. The van der Waals surface area contributed by atoms with E-state index < -0.39 is 32.6 Å². The van der Waals surface area contributed by atoms with Gasteiger partial charge in [0.25, 0.3) is 15.9 Å². The highest BCUT2D eigenvalue weighted by Gasteiger charge is 2.20. The maximum atomic E-state index is 12.6. The Kier molecular flexibility index (Phi) is 8.52. The third kappa shape index (κ3) is 6.68. The molecule has 0 spiro atoms. The molecular formula is C23H23Cl2N3O6S2. The summed E-state index contributed by atoms with van der Waals surface area (Å²) in [6.07, 6.45) is 0. The number of carbonyl (C=O) groups excluding carboxylic acids is 1. The maximum absolute atomic E-state index is 12.6. The fourth-order valence-electron chi connectivity index (χ4n) is 2.93. The van der Waals surface area contributed by atoms with Gasteiger partial charge in [-0.1, -0.05) is 29.3 Å². The number of nitrogens with zero attached hydrogens (tertiary/aromatic N) is 1. The summed E-state index contributed by atoms with van der Waals surface area (Å²) in [5, 5.41) is 3.06. The van der Waals surface area contributed by atoms with E-state index in [0.29, 0.717) is 22.0 Å². The number of rotatable bonds is 9. The van der Waals surface area contributed by atoms with Gasteiger partial charge in [-0.15, -0.1) is 0 Å². The van der Waals surface area contributed by atoms with Gasteiger partial charge in [-0.25, -0.2) is 21.1 Å². The van der Waals surface area contributed by atoms with Gasteiger partial charge in [0.2, 0.25) is 10.0 Å². The van der Waals surface area contributed by atoms with E-state index in [-0.39, 0.29) is 20.6 Å². The fourth-order valence-corrected chi connectivity index (χ4v) is 5.37.